The number of allylic oxidation sites excluding steroid dienone is 1. The fraction of sp³-hybridized carbons (Fsp3) is 0.0500. The van der Waals surface area contributed by atoms with Gasteiger partial charge in [0.15, 0.2) is 0 Å². The van der Waals surface area contributed by atoms with Crippen molar-refractivity contribution in [3.8, 4) is 23.1 Å². The molecule has 1 heterocycles. The van der Waals surface area contributed by atoms with Crippen molar-refractivity contribution >= 4 is 38.7 Å². The van der Waals surface area contributed by atoms with Crippen molar-refractivity contribution in [1.82, 2.24) is 9.71 Å². The Morgan fingerprint density at radius 3 is 2.65 bits per heavy atom. The SMILES string of the molecule is COc1cccc(-c2csc(C(C#N)=CNc3ccc(S(=O)(=O)NC(N)=O)cc3)n2)c1. The highest BCUT2D eigenvalue weighted by atomic mass is 32.2. The molecule has 0 spiro atoms. The Kier molecular flexibility index (Phi) is 6.54. The Hall–Kier alpha value is -3.88. The van der Waals surface area contributed by atoms with Crippen LogP contribution < -0.4 is 20.5 Å². The summed E-state index contributed by atoms with van der Waals surface area (Å²) in [7, 11) is -2.43. The molecule has 0 aliphatic heterocycles. The van der Waals surface area contributed by atoms with E-state index >= 15 is 0 Å². The number of aromatic nitrogens is 1. The van der Waals surface area contributed by atoms with Crippen molar-refractivity contribution in [3.63, 3.8) is 0 Å². The third-order valence-corrected chi connectivity index (χ3v) is 6.24. The first kappa shape index (κ1) is 21.8. The summed E-state index contributed by atoms with van der Waals surface area (Å²) in [4.78, 5) is 15.2. The molecule has 0 aliphatic carbocycles. The maximum atomic E-state index is 11.9. The van der Waals surface area contributed by atoms with Crippen LogP contribution in [-0.4, -0.2) is 26.5 Å². The summed E-state index contributed by atoms with van der Waals surface area (Å²) >= 11 is 1.32. The van der Waals surface area contributed by atoms with Crippen molar-refractivity contribution < 1.29 is 17.9 Å². The number of hydrogen-bond acceptors (Lipinski definition) is 8. The summed E-state index contributed by atoms with van der Waals surface area (Å²) in [5.41, 5.74) is 7.30. The molecule has 31 heavy (non-hydrogen) atoms. The van der Waals surface area contributed by atoms with Gasteiger partial charge in [-0.05, 0) is 36.4 Å². The number of rotatable bonds is 7. The van der Waals surface area contributed by atoms with Crippen LogP contribution in [0.15, 0.2) is 65.0 Å². The molecule has 0 aliphatic rings. The number of nitrogens with zero attached hydrogens (tertiary/aromatic N) is 2. The average molecular weight is 456 g/mol. The minimum absolute atomic E-state index is 0.121. The zero-order chi connectivity index (χ0) is 22.4. The Morgan fingerprint density at radius 1 is 1.26 bits per heavy atom. The topological polar surface area (TPSA) is 147 Å². The van der Waals surface area contributed by atoms with Crippen LogP contribution in [0.4, 0.5) is 10.5 Å². The molecular formula is C20H17N5O4S2. The lowest BCUT2D eigenvalue weighted by Gasteiger charge is -2.06. The number of anilines is 1. The molecule has 0 saturated heterocycles. The van der Waals surface area contributed by atoms with Crippen LogP contribution in [0, 0.1) is 11.3 Å². The van der Waals surface area contributed by atoms with Gasteiger partial charge >= 0.3 is 6.03 Å². The molecule has 158 valence electrons. The van der Waals surface area contributed by atoms with Gasteiger partial charge in [0, 0.05) is 22.8 Å². The first-order chi connectivity index (χ1) is 14.8. The first-order valence-corrected chi connectivity index (χ1v) is 11.1. The molecule has 0 saturated carbocycles. The second-order valence-corrected chi connectivity index (χ2v) is 8.62. The molecular weight excluding hydrogens is 438 g/mol. The Bertz CT molecular complexity index is 1280. The summed E-state index contributed by atoms with van der Waals surface area (Å²) in [6.45, 7) is 0. The number of benzene rings is 2. The lowest BCUT2D eigenvalue weighted by atomic mass is 10.1. The molecule has 0 unspecified atom stereocenters. The predicted octanol–water partition coefficient (Wildman–Crippen LogP) is 3.15. The zero-order valence-electron chi connectivity index (χ0n) is 16.2. The van der Waals surface area contributed by atoms with Crippen molar-refractivity contribution in [2.24, 2.45) is 5.73 Å². The quantitative estimate of drug-likeness (QED) is 0.464. The molecule has 3 rings (SSSR count). The van der Waals surface area contributed by atoms with E-state index in [0.717, 1.165) is 11.3 Å². The van der Waals surface area contributed by atoms with E-state index in [9.17, 15) is 18.5 Å². The molecule has 0 fully saturated rings. The fourth-order valence-corrected chi connectivity index (χ4v) is 4.20. The van der Waals surface area contributed by atoms with Crippen molar-refractivity contribution in [3.05, 3.63) is 65.1 Å². The van der Waals surface area contributed by atoms with E-state index < -0.39 is 16.1 Å². The minimum atomic E-state index is -4.02. The van der Waals surface area contributed by atoms with Crippen LogP contribution in [0.2, 0.25) is 0 Å². The lowest BCUT2D eigenvalue weighted by Crippen LogP contribution is -2.34. The highest BCUT2D eigenvalue weighted by Crippen LogP contribution is 2.28. The summed E-state index contributed by atoms with van der Waals surface area (Å²) in [6, 6.07) is 14.0. The summed E-state index contributed by atoms with van der Waals surface area (Å²) < 4.78 is 30.7. The van der Waals surface area contributed by atoms with Crippen molar-refractivity contribution in [2.45, 2.75) is 4.90 Å². The second kappa shape index (κ2) is 9.29. The Morgan fingerprint density at radius 2 is 2.00 bits per heavy atom. The standard InChI is InChI=1S/C20H17N5O4S2/c1-29-16-4-2-3-13(9-16)18-12-30-19(24-18)14(10-21)11-23-15-5-7-17(8-6-15)31(27,28)25-20(22)26/h2-9,11-12,23H,1H3,(H3,22,25,26). The number of methoxy groups -OCH3 is 1. The number of ether oxygens (including phenoxy) is 1. The largest absolute Gasteiger partial charge is 0.497 e. The van der Waals surface area contributed by atoms with E-state index in [1.54, 1.807) is 11.8 Å². The number of nitrogens with one attached hydrogen (secondary N) is 2. The number of nitrogens with two attached hydrogens (primary N) is 1. The van der Waals surface area contributed by atoms with E-state index in [0.29, 0.717) is 22.0 Å². The van der Waals surface area contributed by atoms with Gasteiger partial charge in [-0.25, -0.2) is 22.9 Å². The fourth-order valence-electron chi connectivity index (χ4n) is 2.53. The minimum Gasteiger partial charge on any atom is -0.497 e. The second-order valence-electron chi connectivity index (χ2n) is 6.08. The molecule has 4 N–H and O–H groups in total. The van der Waals surface area contributed by atoms with E-state index in [-0.39, 0.29) is 4.90 Å². The number of nitriles is 1. The first-order valence-electron chi connectivity index (χ1n) is 8.72. The average Bonchev–Trinajstić information content (AvgIpc) is 3.24. The van der Waals surface area contributed by atoms with Crippen LogP contribution in [-0.2, 0) is 10.0 Å². The number of urea groups is 1. The highest BCUT2D eigenvalue weighted by Gasteiger charge is 2.15. The maximum Gasteiger partial charge on any atom is 0.326 e. The number of carbonyl (C=O) groups is 1. The smallest absolute Gasteiger partial charge is 0.326 e. The number of carbonyl (C=O) groups excluding carboxylic acids is 1. The molecule has 9 nitrogen and oxygen atoms in total. The zero-order valence-corrected chi connectivity index (χ0v) is 17.8. The molecule has 3 aromatic rings. The van der Waals surface area contributed by atoms with Gasteiger partial charge in [0.05, 0.1) is 17.7 Å². The Balaban J connectivity index is 1.77. The van der Waals surface area contributed by atoms with E-state index in [1.807, 2.05) is 29.6 Å². The third-order valence-electron chi connectivity index (χ3n) is 4.00. The molecule has 11 heteroatoms. The van der Waals surface area contributed by atoms with Gasteiger partial charge in [0.25, 0.3) is 10.0 Å². The summed E-state index contributed by atoms with van der Waals surface area (Å²) in [6.07, 6.45) is 1.49. The van der Waals surface area contributed by atoms with Crippen LogP contribution >= 0.6 is 11.3 Å². The third kappa shape index (κ3) is 5.39. The van der Waals surface area contributed by atoms with Gasteiger partial charge in [0.1, 0.15) is 22.4 Å². The van der Waals surface area contributed by atoms with Crippen LogP contribution in [0.5, 0.6) is 5.75 Å². The summed E-state index contributed by atoms with van der Waals surface area (Å²) in [5.74, 6) is 0.709. The number of sulfonamides is 1. The molecule has 2 aromatic carbocycles. The normalized spacial score (nSPS) is 11.4. The Labute approximate surface area is 182 Å². The van der Waals surface area contributed by atoms with Gasteiger partial charge in [-0.2, -0.15) is 5.26 Å². The van der Waals surface area contributed by atoms with Gasteiger partial charge in [-0.3, -0.25) is 0 Å². The van der Waals surface area contributed by atoms with Crippen LogP contribution in [0.25, 0.3) is 16.8 Å². The molecule has 0 bridgehead atoms. The van der Waals surface area contributed by atoms with Crippen molar-refractivity contribution in [1.29, 1.82) is 5.26 Å². The maximum absolute atomic E-state index is 11.9. The highest BCUT2D eigenvalue weighted by molar-refractivity contribution is 7.90. The van der Waals surface area contributed by atoms with E-state index in [2.05, 4.69) is 16.4 Å². The van der Waals surface area contributed by atoms with E-state index in [1.165, 1.54) is 41.8 Å². The predicted molar refractivity (Wildman–Crippen MR) is 118 cm³/mol. The van der Waals surface area contributed by atoms with E-state index in [4.69, 9.17) is 10.5 Å². The van der Waals surface area contributed by atoms with Gasteiger partial charge in [-0.1, -0.05) is 12.1 Å². The summed E-state index contributed by atoms with van der Waals surface area (Å²) in [5, 5.41) is 14.8. The molecule has 0 radical (unpaired) electrons. The van der Waals surface area contributed by atoms with Crippen molar-refractivity contribution in [2.75, 3.05) is 12.4 Å². The molecule has 0 atom stereocenters. The number of primary amides is 1. The lowest BCUT2D eigenvalue weighted by molar-refractivity contribution is 0.253. The molecule has 2 amide bonds. The van der Waals surface area contributed by atoms with Gasteiger partial charge in [-0.15, -0.1) is 11.3 Å². The van der Waals surface area contributed by atoms with Gasteiger partial charge < -0.3 is 15.8 Å². The number of amides is 2. The number of hydrogen-bond donors (Lipinski definition) is 3. The van der Waals surface area contributed by atoms with Crippen LogP contribution in [0.3, 0.4) is 0 Å². The van der Waals surface area contributed by atoms with Crippen LogP contribution in [0.1, 0.15) is 5.01 Å². The van der Waals surface area contributed by atoms with Gasteiger partial charge in [0.2, 0.25) is 0 Å². The molecule has 1 aromatic heterocycles. The monoisotopic (exact) mass is 455 g/mol. The number of thiazole rings is 1.